The van der Waals surface area contributed by atoms with Gasteiger partial charge in [0.15, 0.2) is 11.5 Å². The van der Waals surface area contributed by atoms with Gasteiger partial charge in [0.2, 0.25) is 0 Å². The topological polar surface area (TPSA) is 111 Å². The fourth-order valence-electron chi connectivity index (χ4n) is 2.84. The fraction of sp³-hybridized carbons (Fsp3) is 0.471. The summed E-state index contributed by atoms with van der Waals surface area (Å²) in [5.74, 6) is 0.0890. The molecule has 1 aromatic heterocycles. The van der Waals surface area contributed by atoms with Crippen LogP contribution in [0.15, 0.2) is 18.5 Å². The Hall–Kier alpha value is -2.82. The number of aliphatic carboxylic acids is 1. The Morgan fingerprint density at radius 1 is 1.29 bits per heavy atom. The minimum Gasteiger partial charge on any atom is -0.493 e. The first-order valence-corrected chi connectivity index (χ1v) is 8.33. The van der Waals surface area contributed by atoms with Gasteiger partial charge in [-0.2, -0.15) is 13.2 Å². The van der Waals surface area contributed by atoms with Crippen molar-refractivity contribution in [1.29, 1.82) is 0 Å². The average molecular weight is 402 g/mol. The van der Waals surface area contributed by atoms with Crippen molar-refractivity contribution in [3.63, 3.8) is 0 Å². The van der Waals surface area contributed by atoms with E-state index in [4.69, 9.17) is 25.1 Å². The molecule has 1 aromatic carbocycles. The number of alkyl halides is 3. The second-order valence-corrected chi connectivity index (χ2v) is 6.06. The van der Waals surface area contributed by atoms with Gasteiger partial charge in [0.25, 0.3) is 0 Å². The quantitative estimate of drug-likeness (QED) is 0.800. The van der Waals surface area contributed by atoms with Crippen LogP contribution in [0, 0.1) is 5.92 Å². The summed E-state index contributed by atoms with van der Waals surface area (Å²) in [6, 6.07) is 3.83. The summed E-state index contributed by atoms with van der Waals surface area (Å²) in [5.41, 5.74) is 6.63. The van der Waals surface area contributed by atoms with E-state index in [2.05, 4.69) is 14.9 Å². The maximum absolute atomic E-state index is 10.6. The molecule has 1 atom stereocenters. The first-order chi connectivity index (χ1) is 13.2. The highest BCUT2D eigenvalue weighted by Crippen LogP contribution is 2.35. The Kier molecular flexibility index (Phi) is 6.84. The smallest absolute Gasteiger partial charge is 0.490 e. The number of benzene rings is 1. The number of ether oxygens (including phenoxy) is 2. The molecule has 8 nitrogen and oxygen atoms in total. The lowest BCUT2D eigenvalue weighted by Crippen LogP contribution is -2.23. The monoisotopic (exact) mass is 402 g/mol. The van der Waals surface area contributed by atoms with Gasteiger partial charge in [0.1, 0.15) is 12.1 Å². The van der Waals surface area contributed by atoms with Gasteiger partial charge in [-0.05, 0) is 24.9 Å². The number of nitrogens with two attached hydrogens (primary N) is 1. The molecule has 154 valence electrons. The number of hydrogen-bond donors (Lipinski definition) is 2. The summed E-state index contributed by atoms with van der Waals surface area (Å²) < 4.78 is 42.4. The van der Waals surface area contributed by atoms with Crippen molar-refractivity contribution in [1.82, 2.24) is 9.97 Å². The molecule has 1 aliphatic heterocycles. The molecule has 3 rings (SSSR count). The Bertz CT molecular complexity index is 832. The average Bonchev–Trinajstić information content (AvgIpc) is 3.15. The van der Waals surface area contributed by atoms with Gasteiger partial charge in [-0.3, -0.25) is 0 Å². The molecule has 2 aromatic rings. The minimum absolute atomic E-state index is 0.537. The SMILES string of the molecule is COc1cc2ncnc(N3CCC(CN)C3)c2cc1OC.O=C(O)C(F)(F)F. The van der Waals surface area contributed by atoms with Crippen molar-refractivity contribution in [2.45, 2.75) is 12.6 Å². The van der Waals surface area contributed by atoms with Crippen LogP contribution in [0.4, 0.5) is 19.0 Å². The van der Waals surface area contributed by atoms with Crippen molar-refractivity contribution in [2.75, 3.05) is 38.8 Å². The molecule has 2 heterocycles. The molecule has 1 unspecified atom stereocenters. The molecular weight excluding hydrogens is 381 g/mol. The summed E-state index contributed by atoms with van der Waals surface area (Å²) in [4.78, 5) is 20.0. The molecule has 0 radical (unpaired) electrons. The normalized spacial score (nSPS) is 16.5. The number of hydrogen-bond acceptors (Lipinski definition) is 7. The van der Waals surface area contributed by atoms with Gasteiger partial charge in [0.05, 0.1) is 19.7 Å². The maximum Gasteiger partial charge on any atom is 0.490 e. The molecule has 0 aliphatic carbocycles. The lowest BCUT2D eigenvalue weighted by atomic mass is 10.1. The van der Waals surface area contributed by atoms with Crippen LogP contribution in [0.3, 0.4) is 0 Å². The van der Waals surface area contributed by atoms with Gasteiger partial charge < -0.3 is 25.2 Å². The zero-order valence-electron chi connectivity index (χ0n) is 15.4. The molecule has 0 saturated carbocycles. The number of halogens is 3. The van der Waals surface area contributed by atoms with Crippen LogP contribution < -0.4 is 20.1 Å². The summed E-state index contributed by atoms with van der Waals surface area (Å²) in [6.45, 7) is 2.63. The van der Waals surface area contributed by atoms with Gasteiger partial charge in [-0.1, -0.05) is 0 Å². The molecule has 3 N–H and O–H groups in total. The van der Waals surface area contributed by atoms with Crippen molar-refractivity contribution in [3.8, 4) is 11.5 Å². The number of aromatic nitrogens is 2. The van der Waals surface area contributed by atoms with E-state index >= 15 is 0 Å². The lowest BCUT2D eigenvalue weighted by Gasteiger charge is -2.19. The highest BCUT2D eigenvalue weighted by molar-refractivity contribution is 5.92. The van der Waals surface area contributed by atoms with Crippen LogP contribution in [0.2, 0.25) is 0 Å². The molecular formula is C17H21F3N4O4. The molecule has 1 aliphatic rings. The van der Waals surface area contributed by atoms with Crippen molar-refractivity contribution in [2.24, 2.45) is 11.7 Å². The van der Waals surface area contributed by atoms with E-state index in [1.165, 1.54) is 0 Å². The number of rotatable bonds is 4. The molecule has 1 fully saturated rings. The van der Waals surface area contributed by atoms with E-state index in [9.17, 15) is 13.2 Å². The van der Waals surface area contributed by atoms with Crippen molar-refractivity contribution in [3.05, 3.63) is 18.5 Å². The number of nitrogens with zero attached hydrogens (tertiary/aromatic N) is 3. The van der Waals surface area contributed by atoms with E-state index in [1.807, 2.05) is 12.1 Å². The van der Waals surface area contributed by atoms with Crippen LogP contribution in [0.5, 0.6) is 11.5 Å². The largest absolute Gasteiger partial charge is 0.493 e. The standard InChI is InChI=1S/C15H20N4O2.C2HF3O2/c1-20-13-5-11-12(6-14(13)21-2)17-9-18-15(11)19-4-3-10(7-16)8-19;3-2(4,5)1(6)7/h5-6,9-10H,3-4,7-8,16H2,1-2H3;(H,6,7). The van der Waals surface area contributed by atoms with Crippen LogP contribution in [-0.2, 0) is 4.79 Å². The Morgan fingerprint density at radius 2 is 1.89 bits per heavy atom. The van der Waals surface area contributed by atoms with E-state index < -0.39 is 12.1 Å². The number of carbonyl (C=O) groups is 1. The van der Waals surface area contributed by atoms with Crippen LogP contribution >= 0.6 is 0 Å². The van der Waals surface area contributed by atoms with Gasteiger partial charge in [-0.25, -0.2) is 14.8 Å². The number of carboxylic acids is 1. The summed E-state index contributed by atoms with van der Waals surface area (Å²) >= 11 is 0. The molecule has 0 bridgehead atoms. The van der Waals surface area contributed by atoms with Gasteiger partial charge in [0, 0.05) is 24.5 Å². The van der Waals surface area contributed by atoms with E-state index in [-0.39, 0.29) is 0 Å². The first-order valence-electron chi connectivity index (χ1n) is 8.33. The Balaban J connectivity index is 0.000000345. The van der Waals surface area contributed by atoms with Crippen LogP contribution in [-0.4, -0.2) is 61.1 Å². The predicted molar refractivity (Wildman–Crippen MR) is 95.7 cm³/mol. The van der Waals surface area contributed by atoms with Crippen LogP contribution in [0.25, 0.3) is 10.9 Å². The minimum atomic E-state index is -5.08. The Morgan fingerprint density at radius 3 is 2.39 bits per heavy atom. The zero-order chi connectivity index (χ0) is 20.9. The number of fused-ring (bicyclic) bond motifs is 1. The fourth-order valence-corrected chi connectivity index (χ4v) is 2.84. The molecule has 0 amide bonds. The molecule has 28 heavy (non-hydrogen) atoms. The first kappa shape index (κ1) is 21.5. The zero-order valence-corrected chi connectivity index (χ0v) is 15.4. The highest BCUT2D eigenvalue weighted by Gasteiger charge is 2.38. The lowest BCUT2D eigenvalue weighted by molar-refractivity contribution is -0.192. The Labute approximate surface area is 159 Å². The maximum atomic E-state index is 10.6. The number of methoxy groups -OCH3 is 2. The summed E-state index contributed by atoms with van der Waals surface area (Å²) in [7, 11) is 3.26. The summed E-state index contributed by atoms with van der Waals surface area (Å²) in [5, 5.41) is 8.10. The molecule has 0 spiro atoms. The number of carboxylic acid groups (broad SMARTS) is 1. The van der Waals surface area contributed by atoms with Gasteiger partial charge in [-0.15, -0.1) is 0 Å². The van der Waals surface area contributed by atoms with Crippen molar-refractivity contribution < 1.29 is 32.5 Å². The molecule has 11 heteroatoms. The van der Waals surface area contributed by atoms with E-state index in [0.29, 0.717) is 17.4 Å². The molecule has 1 saturated heterocycles. The second kappa shape index (κ2) is 8.91. The van der Waals surface area contributed by atoms with E-state index in [0.717, 1.165) is 42.8 Å². The highest BCUT2D eigenvalue weighted by atomic mass is 19.4. The third kappa shape index (κ3) is 4.91. The summed E-state index contributed by atoms with van der Waals surface area (Å²) in [6.07, 6.45) is -2.38. The third-order valence-electron chi connectivity index (χ3n) is 4.28. The third-order valence-corrected chi connectivity index (χ3v) is 4.28. The second-order valence-electron chi connectivity index (χ2n) is 6.06. The van der Waals surface area contributed by atoms with Crippen LogP contribution in [0.1, 0.15) is 6.42 Å². The number of anilines is 1. The van der Waals surface area contributed by atoms with E-state index in [1.54, 1.807) is 20.5 Å². The predicted octanol–water partition coefficient (Wildman–Crippen LogP) is 2.07. The van der Waals surface area contributed by atoms with Crippen molar-refractivity contribution >= 4 is 22.7 Å². The van der Waals surface area contributed by atoms with Gasteiger partial charge >= 0.3 is 12.1 Å².